The van der Waals surface area contributed by atoms with Crippen molar-refractivity contribution in [1.29, 1.82) is 0 Å². The normalized spacial score (nSPS) is 11.7. The third-order valence-electron chi connectivity index (χ3n) is 3.32. The zero-order valence-corrected chi connectivity index (χ0v) is 11.7. The molecule has 21 heavy (non-hydrogen) atoms. The van der Waals surface area contributed by atoms with Crippen LogP contribution in [0.25, 0.3) is 0 Å². The fraction of sp³-hybridized carbons (Fsp3) is 0.333. The van der Waals surface area contributed by atoms with Gasteiger partial charge in [0.05, 0.1) is 5.56 Å². The maximum Gasteiger partial charge on any atom is 0.416 e. The first-order valence-electron chi connectivity index (χ1n) is 6.46. The van der Waals surface area contributed by atoms with Crippen LogP contribution in [0.5, 0.6) is 0 Å². The predicted octanol–water partition coefficient (Wildman–Crippen LogP) is 3.56. The Morgan fingerprint density at radius 3 is 2.33 bits per heavy atom. The number of aryl methyl sites for hydroxylation is 3. The quantitative estimate of drug-likeness (QED) is 0.809. The Morgan fingerprint density at radius 1 is 1.24 bits per heavy atom. The number of Topliss-reactive ketones (excluding diaryl/α,β-unsaturated/α-hetero) is 1. The molecule has 0 fully saturated rings. The number of hydrogen-bond donors (Lipinski definition) is 0. The minimum absolute atomic E-state index is 0.112. The van der Waals surface area contributed by atoms with E-state index in [-0.39, 0.29) is 12.2 Å². The second-order valence-electron chi connectivity index (χ2n) is 4.90. The summed E-state index contributed by atoms with van der Waals surface area (Å²) in [5.41, 5.74) is 0.406. The molecule has 0 bridgehead atoms. The van der Waals surface area contributed by atoms with Gasteiger partial charge >= 0.3 is 6.18 Å². The second kappa shape index (κ2) is 5.71. The smallest absolute Gasteiger partial charge is 0.337 e. The maximum absolute atomic E-state index is 12.4. The lowest BCUT2D eigenvalue weighted by Gasteiger charge is -2.07. The van der Waals surface area contributed by atoms with Gasteiger partial charge in [-0.1, -0.05) is 12.1 Å². The molecule has 2 aromatic rings. The molecule has 0 saturated carbocycles. The van der Waals surface area contributed by atoms with E-state index in [1.165, 1.54) is 12.1 Å². The number of rotatable bonds is 4. The molecule has 1 aromatic carbocycles. The van der Waals surface area contributed by atoms with Gasteiger partial charge in [0, 0.05) is 19.7 Å². The molecule has 0 atom stereocenters. The number of benzene rings is 1. The molecule has 0 aliphatic carbocycles. The molecule has 0 radical (unpaired) electrons. The zero-order chi connectivity index (χ0) is 15.6. The van der Waals surface area contributed by atoms with E-state index in [1.807, 2.05) is 0 Å². The van der Waals surface area contributed by atoms with Gasteiger partial charge in [0.2, 0.25) is 0 Å². The monoisotopic (exact) mass is 296 g/mol. The van der Waals surface area contributed by atoms with Crippen molar-refractivity contribution in [3.05, 3.63) is 53.1 Å². The van der Waals surface area contributed by atoms with E-state index >= 15 is 0 Å². The van der Waals surface area contributed by atoms with Crippen LogP contribution in [0.2, 0.25) is 0 Å². The second-order valence-corrected chi connectivity index (χ2v) is 4.90. The highest BCUT2D eigenvalue weighted by molar-refractivity contribution is 5.94. The first-order chi connectivity index (χ1) is 9.77. The van der Waals surface area contributed by atoms with Gasteiger partial charge in [0.1, 0.15) is 11.5 Å². The highest BCUT2D eigenvalue weighted by Crippen LogP contribution is 2.29. The summed E-state index contributed by atoms with van der Waals surface area (Å²) in [6.45, 7) is 1.80. The van der Waals surface area contributed by atoms with Crippen LogP contribution < -0.4 is 0 Å². The van der Waals surface area contributed by atoms with Crippen LogP contribution in [0.1, 0.15) is 33.9 Å². The average molecular weight is 296 g/mol. The summed E-state index contributed by atoms with van der Waals surface area (Å²) in [5, 5.41) is 0. The Balaban J connectivity index is 1.98. The third kappa shape index (κ3) is 3.71. The van der Waals surface area contributed by atoms with Crippen LogP contribution in [0.15, 0.2) is 30.5 Å². The number of carbonyl (C=O) groups is 1. The van der Waals surface area contributed by atoms with E-state index in [4.69, 9.17) is 0 Å². The molecule has 112 valence electrons. The number of carbonyl (C=O) groups excluding carboxylic acids is 1. The van der Waals surface area contributed by atoms with Crippen molar-refractivity contribution in [3.8, 4) is 0 Å². The van der Waals surface area contributed by atoms with Gasteiger partial charge in [-0.2, -0.15) is 13.2 Å². The largest absolute Gasteiger partial charge is 0.416 e. The maximum atomic E-state index is 12.4. The molecular weight excluding hydrogens is 281 g/mol. The summed E-state index contributed by atoms with van der Waals surface area (Å²) in [6.07, 6.45) is -2.06. The van der Waals surface area contributed by atoms with Gasteiger partial charge in [-0.25, -0.2) is 4.98 Å². The highest BCUT2D eigenvalue weighted by Gasteiger charge is 2.29. The summed E-state index contributed by atoms with van der Waals surface area (Å²) in [5.74, 6) is 0.631. The standard InChI is InChI=1S/C15H15F3N2O/c1-10-19-13(9-20(10)2)14(21)8-5-11-3-6-12(7-4-11)15(16,17)18/h3-4,6-7,9H,5,8H2,1-2H3. The molecule has 3 nitrogen and oxygen atoms in total. The molecule has 2 rings (SSSR count). The van der Waals surface area contributed by atoms with Crippen molar-refractivity contribution >= 4 is 5.78 Å². The molecule has 0 aliphatic rings. The SMILES string of the molecule is Cc1nc(C(=O)CCc2ccc(C(F)(F)F)cc2)cn1C. The van der Waals surface area contributed by atoms with Gasteiger partial charge in [0.25, 0.3) is 0 Å². The van der Waals surface area contributed by atoms with Gasteiger partial charge in [-0.05, 0) is 31.0 Å². The molecule has 0 N–H and O–H groups in total. The van der Waals surface area contributed by atoms with Crippen molar-refractivity contribution < 1.29 is 18.0 Å². The number of aromatic nitrogens is 2. The van der Waals surface area contributed by atoms with Crippen molar-refractivity contribution in [2.45, 2.75) is 25.9 Å². The molecule has 1 aromatic heterocycles. The lowest BCUT2D eigenvalue weighted by Crippen LogP contribution is -2.05. The first-order valence-corrected chi connectivity index (χ1v) is 6.46. The molecule has 0 amide bonds. The number of imidazole rings is 1. The van der Waals surface area contributed by atoms with Crippen molar-refractivity contribution in [2.75, 3.05) is 0 Å². The Hall–Kier alpha value is -2.11. The van der Waals surface area contributed by atoms with Crippen LogP contribution in [-0.4, -0.2) is 15.3 Å². The lowest BCUT2D eigenvalue weighted by atomic mass is 10.0. The van der Waals surface area contributed by atoms with Gasteiger partial charge in [-0.15, -0.1) is 0 Å². The van der Waals surface area contributed by atoms with Crippen LogP contribution in [0, 0.1) is 6.92 Å². The van der Waals surface area contributed by atoms with Crippen molar-refractivity contribution in [3.63, 3.8) is 0 Å². The number of nitrogens with zero attached hydrogens (tertiary/aromatic N) is 2. The molecular formula is C15H15F3N2O. The Morgan fingerprint density at radius 2 is 1.86 bits per heavy atom. The van der Waals surface area contributed by atoms with E-state index in [0.29, 0.717) is 17.7 Å². The Labute approximate surface area is 120 Å². The van der Waals surface area contributed by atoms with E-state index in [9.17, 15) is 18.0 Å². The first kappa shape index (κ1) is 15.3. The topological polar surface area (TPSA) is 34.9 Å². The van der Waals surface area contributed by atoms with Gasteiger partial charge < -0.3 is 4.57 Å². The van der Waals surface area contributed by atoms with Gasteiger partial charge in [-0.3, -0.25) is 4.79 Å². The number of halogens is 3. The van der Waals surface area contributed by atoms with E-state index in [0.717, 1.165) is 18.0 Å². The highest BCUT2D eigenvalue weighted by atomic mass is 19.4. The number of hydrogen-bond acceptors (Lipinski definition) is 2. The van der Waals surface area contributed by atoms with Crippen LogP contribution in [0.4, 0.5) is 13.2 Å². The summed E-state index contributed by atoms with van der Waals surface area (Å²) in [4.78, 5) is 16.1. The van der Waals surface area contributed by atoms with Crippen LogP contribution in [0.3, 0.4) is 0 Å². The van der Waals surface area contributed by atoms with E-state index in [1.54, 1.807) is 24.7 Å². The van der Waals surface area contributed by atoms with Crippen molar-refractivity contribution in [1.82, 2.24) is 9.55 Å². The fourth-order valence-corrected chi connectivity index (χ4v) is 1.94. The van der Waals surface area contributed by atoms with Crippen LogP contribution >= 0.6 is 0 Å². The molecule has 0 aliphatic heterocycles. The Bertz CT molecular complexity index is 622. The molecule has 0 unspecified atom stereocenters. The number of ketones is 1. The minimum atomic E-state index is -4.33. The number of alkyl halides is 3. The van der Waals surface area contributed by atoms with Gasteiger partial charge in [0.15, 0.2) is 5.78 Å². The Kier molecular flexibility index (Phi) is 4.16. The summed E-state index contributed by atoms with van der Waals surface area (Å²) in [6, 6.07) is 4.87. The van der Waals surface area contributed by atoms with E-state index < -0.39 is 11.7 Å². The summed E-state index contributed by atoms with van der Waals surface area (Å²) in [7, 11) is 1.80. The predicted molar refractivity (Wildman–Crippen MR) is 72.0 cm³/mol. The minimum Gasteiger partial charge on any atom is -0.337 e. The van der Waals surface area contributed by atoms with E-state index in [2.05, 4.69) is 4.98 Å². The third-order valence-corrected chi connectivity index (χ3v) is 3.32. The molecule has 1 heterocycles. The summed E-state index contributed by atoms with van der Waals surface area (Å²) >= 11 is 0. The summed E-state index contributed by atoms with van der Waals surface area (Å²) < 4.78 is 39.0. The molecule has 6 heteroatoms. The van der Waals surface area contributed by atoms with Crippen molar-refractivity contribution in [2.24, 2.45) is 7.05 Å². The fourth-order valence-electron chi connectivity index (χ4n) is 1.94. The lowest BCUT2D eigenvalue weighted by molar-refractivity contribution is -0.137. The molecule has 0 spiro atoms. The average Bonchev–Trinajstić information content (AvgIpc) is 2.75. The van der Waals surface area contributed by atoms with Crippen LogP contribution in [-0.2, 0) is 19.6 Å². The zero-order valence-electron chi connectivity index (χ0n) is 11.7. The molecule has 0 saturated heterocycles.